The first-order chi connectivity index (χ1) is 8.75. The smallest absolute Gasteiger partial charge is 0.289 e. The number of halogens is 1. The van der Waals surface area contributed by atoms with Crippen LogP contribution < -0.4 is 10.5 Å². The number of anilines is 1. The van der Waals surface area contributed by atoms with Crippen LogP contribution in [0.3, 0.4) is 0 Å². The van der Waals surface area contributed by atoms with Crippen molar-refractivity contribution in [2.45, 2.75) is 13.0 Å². The lowest BCUT2D eigenvalue weighted by Gasteiger charge is -2.30. The highest BCUT2D eigenvalue weighted by atomic mass is 35.5. The van der Waals surface area contributed by atoms with E-state index in [9.17, 15) is 4.79 Å². The van der Waals surface area contributed by atoms with Gasteiger partial charge in [-0.2, -0.15) is 5.10 Å². The Labute approximate surface area is 109 Å². The monoisotopic (exact) mass is 261 g/mol. The number of nitrogens with one attached hydrogen (secondary N) is 1. The van der Waals surface area contributed by atoms with E-state index in [0.717, 1.165) is 13.0 Å². The Hall–Kier alpha value is -1.81. The van der Waals surface area contributed by atoms with Crippen LogP contribution in [0.15, 0.2) is 35.3 Å². The third-order valence-corrected chi connectivity index (χ3v) is 3.51. The van der Waals surface area contributed by atoms with Gasteiger partial charge in [-0.25, -0.2) is 5.10 Å². The molecule has 0 saturated carbocycles. The molecule has 0 aliphatic carbocycles. The van der Waals surface area contributed by atoms with Gasteiger partial charge in [0.2, 0.25) is 0 Å². The lowest BCUT2D eigenvalue weighted by atomic mass is 10.00. The number of hydrogen-bond donors (Lipinski definition) is 1. The van der Waals surface area contributed by atoms with Crippen molar-refractivity contribution in [2.75, 3.05) is 11.4 Å². The van der Waals surface area contributed by atoms with Crippen LogP contribution in [0.25, 0.3) is 0 Å². The maximum Gasteiger partial charge on any atom is 0.289 e. The zero-order chi connectivity index (χ0) is 12.5. The second-order valence-electron chi connectivity index (χ2n) is 4.34. The van der Waals surface area contributed by atoms with E-state index in [1.165, 1.54) is 17.3 Å². The molecule has 0 fully saturated rings. The lowest BCUT2D eigenvalue weighted by Crippen LogP contribution is -2.34. The zero-order valence-corrected chi connectivity index (χ0v) is 10.4. The normalized spacial score (nSPS) is 14.4. The summed E-state index contributed by atoms with van der Waals surface area (Å²) in [6, 6.07) is 8.28. The number of rotatable bonds is 1. The van der Waals surface area contributed by atoms with Gasteiger partial charge in [-0.1, -0.05) is 35.9 Å². The van der Waals surface area contributed by atoms with Crippen molar-refractivity contribution >= 4 is 17.3 Å². The summed E-state index contributed by atoms with van der Waals surface area (Å²) in [5.41, 5.74) is 2.87. The molecule has 1 aliphatic heterocycles. The zero-order valence-electron chi connectivity index (χ0n) is 9.69. The predicted octanol–water partition coefficient (Wildman–Crippen LogP) is 1.99. The molecule has 0 radical (unpaired) electrons. The van der Waals surface area contributed by atoms with Crippen LogP contribution in [-0.4, -0.2) is 16.7 Å². The van der Waals surface area contributed by atoms with Crippen LogP contribution >= 0.6 is 11.6 Å². The summed E-state index contributed by atoms with van der Waals surface area (Å²) in [5.74, 6) is 0. The summed E-state index contributed by atoms with van der Waals surface area (Å²) in [6.45, 7) is 1.51. The standard InChI is InChI=1S/C13H12ClN3O/c14-11-7-15-16-13(18)12(11)17-6-5-9-3-1-2-4-10(9)8-17/h1-4,7H,5-6,8H2,(H,16,18). The van der Waals surface area contributed by atoms with E-state index in [1.807, 2.05) is 17.0 Å². The fraction of sp³-hybridized carbons (Fsp3) is 0.231. The Kier molecular flexibility index (Phi) is 2.80. The molecule has 0 unspecified atom stereocenters. The largest absolute Gasteiger partial charge is 0.361 e. The summed E-state index contributed by atoms with van der Waals surface area (Å²) < 4.78 is 0. The maximum absolute atomic E-state index is 11.8. The van der Waals surface area contributed by atoms with E-state index in [1.54, 1.807) is 0 Å². The van der Waals surface area contributed by atoms with Gasteiger partial charge in [0.25, 0.3) is 5.56 Å². The summed E-state index contributed by atoms with van der Waals surface area (Å²) in [4.78, 5) is 13.8. The van der Waals surface area contributed by atoms with E-state index < -0.39 is 0 Å². The van der Waals surface area contributed by atoms with Crippen molar-refractivity contribution in [3.8, 4) is 0 Å². The van der Waals surface area contributed by atoms with E-state index in [-0.39, 0.29) is 5.56 Å². The highest BCUT2D eigenvalue weighted by Crippen LogP contribution is 2.26. The number of fused-ring (bicyclic) bond motifs is 1. The van der Waals surface area contributed by atoms with Crippen molar-refractivity contribution < 1.29 is 0 Å². The van der Waals surface area contributed by atoms with E-state index in [2.05, 4.69) is 22.3 Å². The first-order valence-electron chi connectivity index (χ1n) is 5.80. The molecule has 2 heterocycles. The van der Waals surface area contributed by atoms with Crippen molar-refractivity contribution in [1.82, 2.24) is 10.2 Å². The van der Waals surface area contributed by atoms with Gasteiger partial charge in [-0.05, 0) is 17.5 Å². The van der Waals surface area contributed by atoms with Gasteiger partial charge >= 0.3 is 0 Å². The molecule has 0 atom stereocenters. The van der Waals surface area contributed by atoms with Gasteiger partial charge < -0.3 is 4.90 Å². The van der Waals surface area contributed by atoms with Crippen LogP contribution in [0.4, 0.5) is 5.69 Å². The SMILES string of the molecule is O=c1[nH]ncc(Cl)c1N1CCc2ccccc2C1. The van der Waals surface area contributed by atoms with Gasteiger partial charge in [-0.3, -0.25) is 4.79 Å². The molecule has 5 heteroatoms. The average molecular weight is 262 g/mol. The van der Waals surface area contributed by atoms with Crippen LogP contribution in [0, 0.1) is 0 Å². The molecule has 1 aromatic heterocycles. The topological polar surface area (TPSA) is 49.0 Å². The molecule has 1 N–H and O–H groups in total. The Morgan fingerprint density at radius 1 is 1.28 bits per heavy atom. The number of aromatic nitrogens is 2. The molecular weight excluding hydrogens is 250 g/mol. The van der Waals surface area contributed by atoms with E-state index in [0.29, 0.717) is 17.3 Å². The second-order valence-corrected chi connectivity index (χ2v) is 4.74. The molecule has 3 rings (SSSR count). The summed E-state index contributed by atoms with van der Waals surface area (Å²) in [5, 5.41) is 6.52. The summed E-state index contributed by atoms with van der Waals surface area (Å²) in [7, 11) is 0. The third kappa shape index (κ3) is 1.88. The average Bonchev–Trinajstić information content (AvgIpc) is 2.38. The Bertz CT molecular complexity index is 638. The molecule has 0 bridgehead atoms. The minimum Gasteiger partial charge on any atom is -0.361 e. The quantitative estimate of drug-likeness (QED) is 0.854. The van der Waals surface area contributed by atoms with Crippen molar-refractivity contribution in [3.63, 3.8) is 0 Å². The first-order valence-corrected chi connectivity index (χ1v) is 6.18. The molecule has 18 heavy (non-hydrogen) atoms. The summed E-state index contributed by atoms with van der Waals surface area (Å²) >= 11 is 6.07. The van der Waals surface area contributed by atoms with Gasteiger partial charge in [-0.15, -0.1) is 0 Å². The van der Waals surface area contributed by atoms with E-state index in [4.69, 9.17) is 11.6 Å². The number of nitrogens with zero attached hydrogens (tertiary/aromatic N) is 2. The minimum absolute atomic E-state index is 0.234. The molecule has 1 aliphatic rings. The van der Waals surface area contributed by atoms with Crippen molar-refractivity contribution in [1.29, 1.82) is 0 Å². The van der Waals surface area contributed by atoms with Crippen LogP contribution in [-0.2, 0) is 13.0 Å². The van der Waals surface area contributed by atoms with Crippen molar-refractivity contribution in [3.05, 3.63) is 57.0 Å². The molecule has 4 nitrogen and oxygen atoms in total. The van der Waals surface area contributed by atoms with E-state index >= 15 is 0 Å². The number of aromatic amines is 1. The molecule has 2 aromatic rings. The lowest BCUT2D eigenvalue weighted by molar-refractivity contribution is 0.723. The number of hydrogen-bond acceptors (Lipinski definition) is 3. The Morgan fingerprint density at radius 3 is 2.83 bits per heavy atom. The molecular formula is C13H12ClN3O. The highest BCUT2D eigenvalue weighted by molar-refractivity contribution is 6.33. The molecule has 1 aromatic carbocycles. The van der Waals surface area contributed by atoms with Crippen LogP contribution in [0.1, 0.15) is 11.1 Å². The van der Waals surface area contributed by atoms with Gasteiger partial charge in [0.05, 0.1) is 11.2 Å². The molecule has 0 saturated heterocycles. The van der Waals surface area contributed by atoms with Crippen LogP contribution in [0.5, 0.6) is 0 Å². The summed E-state index contributed by atoms with van der Waals surface area (Å²) in [6.07, 6.45) is 2.40. The molecule has 0 spiro atoms. The van der Waals surface area contributed by atoms with Gasteiger partial charge in [0.15, 0.2) is 0 Å². The minimum atomic E-state index is -0.234. The van der Waals surface area contributed by atoms with Crippen molar-refractivity contribution in [2.24, 2.45) is 0 Å². The predicted molar refractivity (Wildman–Crippen MR) is 71.1 cm³/mol. The second kappa shape index (κ2) is 4.46. The molecule has 0 amide bonds. The number of benzene rings is 1. The Balaban J connectivity index is 2.00. The molecule has 92 valence electrons. The highest BCUT2D eigenvalue weighted by Gasteiger charge is 2.20. The van der Waals surface area contributed by atoms with Crippen LogP contribution in [0.2, 0.25) is 5.02 Å². The maximum atomic E-state index is 11.8. The third-order valence-electron chi connectivity index (χ3n) is 3.23. The first kappa shape index (κ1) is 11.3. The number of H-pyrrole nitrogens is 1. The fourth-order valence-electron chi connectivity index (χ4n) is 2.35. The Morgan fingerprint density at radius 2 is 2.06 bits per heavy atom. The fourth-order valence-corrected chi connectivity index (χ4v) is 2.61. The van der Waals surface area contributed by atoms with Gasteiger partial charge in [0, 0.05) is 13.1 Å². The van der Waals surface area contributed by atoms with Gasteiger partial charge in [0.1, 0.15) is 5.69 Å².